The van der Waals surface area contributed by atoms with Gasteiger partial charge in [-0.2, -0.15) is 0 Å². The average molecular weight is 388 g/mol. The highest BCUT2D eigenvalue weighted by Gasteiger charge is 2.30. The molecule has 8 heteroatoms. The fourth-order valence-electron chi connectivity index (χ4n) is 3.59. The lowest BCUT2D eigenvalue weighted by Crippen LogP contribution is -2.27. The van der Waals surface area contributed by atoms with Crippen molar-refractivity contribution < 1.29 is 18.3 Å². The molecule has 1 atom stereocenters. The van der Waals surface area contributed by atoms with Crippen LogP contribution in [0.15, 0.2) is 36.4 Å². The van der Waals surface area contributed by atoms with Gasteiger partial charge in [0.05, 0.1) is 12.2 Å². The third-order valence-corrected chi connectivity index (χ3v) is 5.01. The first-order valence-electron chi connectivity index (χ1n) is 8.87. The first-order chi connectivity index (χ1) is 13.3. The summed E-state index contributed by atoms with van der Waals surface area (Å²) in [5.41, 5.74) is 4.46. The number of fused-ring (bicyclic) bond motifs is 1. The van der Waals surface area contributed by atoms with Gasteiger partial charge in [0.1, 0.15) is 23.4 Å². The van der Waals surface area contributed by atoms with Gasteiger partial charge in [0.2, 0.25) is 0 Å². The summed E-state index contributed by atoms with van der Waals surface area (Å²) < 4.78 is 41.1. The van der Waals surface area contributed by atoms with Gasteiger partial charge in [-0.15, -0.1) is 5.10 Å². The molecule has 0 amide bonds. The molecule has 28 heavy (non-hydrogen) atoms. The lowest BCUT2D eigenvalue weighted by atomic mass is 10.0. The molecule has 5 nitrogen and oxygen atoms in total. The molecule has 0 spiro atoms. The maximum Gasteiger partial charge on any atom is 0.251 e. The number of alkyl halides is 2. The van der Waals surface area contributed by atoms with Crippen molar-refractivity contribution in [2.45, 2.75) is 33.0 Å². The summed E-state index contributed by atoms with van der Waals surface area (Å²) in [7, 11) is 0. The number of hydrogen-bond acceptors (Lipinski definition) is 4. The molecule has 2 heterocycles. The fraction of sp³-hybridized carbons (Fsp3) is 0.300. The molecule has 146 valence electrons. The van der Waals surface area contributed by atoms with Gasteiger partial charge < -0.3 is 5.11 Å². The minimum atomic E-state index is -2.52. The van der Waals surface area contributed by atoms with E-state index in [0.717, 1.165) is 16.7 Å². The molecule has 0 radical (unpaired) electrons. The third-order valence-electron chi connectivity index (χ3n) is 5.01. The quantitative estimate of drug-likeness (QED) is 0.740. The predicted octanol–water partition coefficient (Wildman–Crippen LogP) is 3.76. The van der Waals surface area contributed by atoms with Crippen LogP contribution in [0, 0.1) is 19.7 Å². The molecule has 3 aromatic rings. The van der Waals surface area contributed by atoms with Gasteiger partial charge in [0.15, 0.2) is 0 Å². The Kier molecular flexibility index (Phi) is 4.68. The van der Waals surface area contributed by atoms with E-state index in [1.54, 1.807) is 31.2 Å². The van der Waals surface area contributed by atoms with Crippen molar-refractivity contribution in [3.63, 3.8) is 0 Å². The Morgan fingerprint density at radius 3 is 2.68 bits per heavy atom. The van der Waals surface area contributed by atoms with E-state index < -0.39 is 19.2 Å². The maximum atomic E-state index is 14.3. The second kappa shape index (κ2) is 7.03. The lowest BCUT2D eigenvalue weighted by molar-refractivity contribution is -0.0237. The van der Waals surface area contributed by atoms with E-state index in [9.17, 15) is 18.3 Å². The summed E-state index contributed by atoms with van der Waals surface area (Å²) in [5.74, 6) is -0.390. The molecule has 1 N–H and O–H groups in total. The van der Waals surface area contributed by atoms with Crippen LogP contribution in [0.4, 0.5) is 13.2 Å². The first kappa shape index (κ1) is 18.6. The largest absolute Gasteiger partial charge is 0.374 e. The summed E-state index contributed by atoms with van der Waals surface area (Å²) in [6.45, 7) is 3.34. The van der Waals surface area contributed by atoms with Crippen LogP contribution in [0.25, 0.3) is 16.9 Å². The molecule has 0 saturated carbocycles. The van der Waals surface area contributed by atoms with Crippen molar-refractivity contribution in [2.75, 3.05) is 6.54 Å². The number of aliphatic hydroxyl groups excluding tert-OH is 1. The van der Waals surface area contributed by atoms with Crippen LogP contribution in [0.5, 0.6) is 0 Å². The van der Waals surface area contributed by atoms with Crippen molar-refractivity contribution in [1.29, 1.82) is 0 Å². The zero-order valence-corrected chi connectivity index (χ0v) is 15.4. The number of aliphatic hydroxyl groups is 1. The Morgan fingerprint density at radius 1 is 1.18 bits per heavy atom. The van der Waals surface area contributed by atoms with Crippen LogP contribution in [0.3, 0.4) is 0 Å². The number of hydrogen-bond donors (Lipinski definition) is 1. The van der Waals surface area contributed by atoms with Gasteiger partial charge in [0, 0.05) is 12.1 Å². The monoisotopic (exact) mass is 388 g/mol. The van der Waals surface area contributed by atoms with Crippen molar-refractivity contribution in [1.82, 2.24) is 19.9 Å². The van der Waals surface area contributed by atoms with E-state index in [0.29, 0.717) is 22.6 Å². The molecule has 1 aliphatic rings. The predicted molar refractivity (Wildman–Crippen MR) is 97.6 cm³/mol. The molecule has 0 fully saturated rings. The second-order valence-electron chi connectivity index (χ2n) is 7.00. The van der Waals surface area contributed by atoms with Crippen molar-refractivity contribution in [3.05, 3.63) is 64.6 Å². The van der Waals surface area contributed by atoms with Crippen molar-refractivity contribution in [3.8, 4) is 16.9 Å². The SMILES string of the molecule is Cc1ccc(-n2nnc(-c3ccc4c(c3)CN(CC(F)F)C4O)c2C)c(F)c1. The van der Waals surface area contributed by atoms with E-state index in [-0.39, 0.29) is 12.4 Å². The summed E-state index contributed by atoms with van der Waals surface area (Å²) in [4.78, 5) is 1.32. The van der Waals surface area contributed by atoms with E-state index in [2.05, 4.69) is 10.3 Å². The lowest BCUT2D eigenvalue weighted by Gasteiger charge is -2.19. The Morgan fingerprint density at radius 2 is 1.96 bits per heavy atom. The number of benzene rings is 2. The van der Waals surface area contributed by atoms with Gasteiger partial charge in [0.25, 0.3) is 6.43 Å². The van der Waals surface area contributed by atoms with E-state index in [1.807, 2.05) is 13.0 Å². The molecule has 2 aromatic carbocycles. The topological polar surface area (TPSA) is 54.2 Å². The molecule has 1 aromatic heterocycles. The van der Waals surface area contributed by atoms with Gasteiger partial charge in [-0.05, 0) is 48.7 Å². The van der Waals surface area contributed by atoms with Gasteiger partial charge in [-0.1, -0.05) is 23.4 Å². The Balaban J connectivity index is 1.68. The summed E-state index contributed by atoms with van der Waals surface area (Å²) >= 11 is 0. The van der Waals surface area contributed by atoms with Crippen molar-refractivity contribution in [2.24, 2.45) is 0 Å². The fourth-order valence-corrected chi connectivity index (χ4v) is 3.59. The standard InChI is InChI=1S/C20H19F3N4O/c1-11-3-6-17(16(21)7-11)27-12(2)19(24-25-27)13-4-5-15-14(8-13)9-26(20(15)28)10-18(22)23/h3-8,18,20,28H,9-10H2,1-2H3. The van der Waals surface area contributed by atoms with Gasteiger partial charge >= 0.3 is 0 Å². The number of aryl methyl sites for hydroxylation is 1. The van der Waals surface area contributed by atoms with Crippen LogP contribution in [0.1, 0.15) is 28.6 Å². The maximum absolute atomic E-state index is 14.3. The second-order valence-corrected chi connectivity index (χ2v) is 7.00. The van der Waals surface area contributed by atoms with Crippen LogP contribution >= 0.6 is 0 Å². The number of halogens is 3. The highest BCUT2D eigenvalue weighted by molar-refractivity contribution is 5.64. The van der Waals surface area contributed by atoms with Crippen LogP contribution in [-0.2, 0) is 6.54 Å². The zero-order chi connectivity index (χ0) is 20.0. The van der Waals surface area contributed by atoms with Crippen molar-refractivity contribution >= 4 is 0 Å². The molecule has 0 aliphatic carbocycles. The Hall–Kier alpha value is -2.71. The highest BCUT2D eigenvalue weighted by atomic mass is 19.3. The highest BCUT2D eigenvalue weighted by Crippen LogP contribution is 2.35. The molecule has 0 bridgehead atoms. The minimum absolute atomic E-state index is 0.231. The molecular formula is C20H19F3N4O. The van der Waals surface area contributed by atoms with Crippen LogP contribution in [0.2, 0.25) is 0 Å². The molecule has 1 unspecified atom stereocenters. The first-order valence-corrected chi connectivity index (χ1v) is 8.87. The minimum Gasteiger partial charge on any atom is -0.374 e. The zero-order valence-electron chi connectivity index (χ0n) is 15.4. The van der Waals surface area contributed by atoms with E-state index in [4.69, 9.17) is 0 Å². The number of aromatic nitrogens is 3. The molecular weight excluding hydrogens is 369 g/mol. The van der Waals surface area contributed by atoms with Gasteiger partial charge in [-0.25, -0.2) is 17.9 Å². The summed E-state index contributed by atoms with van der Waals surface area (Å²) in [6, 6.07) is 10.2. The van der Waals surface area contributed by atoms with Gasteiger partial charge in [-0.3, -0.25) is 4.90 Å². The summed E-state index contributed by atoms with van der Waals surface area (Å²) in [5, 5.41) is 18.5. The normalized spacial score (nSPS) is 16.8. The van der Waals surface area contributed by atoms with E-state index in [1.165, 1.54) is 15.6 Å². The van der Waals surface area contributed by atoms with Crippen LogP contribution in [-0.4, -0.2) is 38.0 Å². The number of rotatable bonds is 4. The smallest absolute Gasteiger partial charge is 0.251 e. The van der Waals surface area contributed by atoms with E-state index >= 15 is 0 Å². The number of nitrogens with zero attached hydrogens (tertiary/aromatic N) is 4. The van der Waals surface area contributed by atoms with Crippen LogP contribution < -0.4 is 0 Å². The molecule has 1 aliphatic heterocycles. The Labute approximate surface area is 160 Å². The Bertz CT molecular complexity index is 1030. The molecule has 4 rings (SSSR count). The summed E-state index contributed by atoms with van der Waals surface area (Å²) in [6.07, 6.45) is -3.56. The average Bonchev–Trinajstić information content (AvgIpc) is 3.15. The third kappa shape index (κ3) is 3.18. The molecule has 0 saturated heterocycles.